The number of anilines is 1. The lowest BCUT2D eigenvalue weighted by molar-refractivity contribution is 0.249. The highest BCUT2D eigenvalue weighted by atomic mass is 15.3. The van der Waals surface area contributed by atoms with Gasteiger partial charge >= 0.3 is 0 Å². The number of hydrogen-bond donors (Lipinski definition) is 0. The summed E-state index contributed by atoms with van der Waals surface area (Å²) >= 11 is 0. The Hall–Kier alpha value is -3.10. The molecule has 4 rings (SSSR count). The molecule has 0 bridgehead atoms. The third kappa shape index (κ3) is 3.64. The van der Waals surface area contributed by atoms with Gasteiger partial charge in [-0.15, -0.1) is 0 Å². The lowest BCUT2D eigenvalue weighted by atomic mass is 10.1. The van der Waals surface area contributed by atoms with Gasteiger partial charge in [0.2, 0.25) is 0 Å². The minimum absolute atomic E-state index is 0.732. The van der Waals surface area contributed by atoms with E-state index in [0.29, 0.717) is 0 Å². The predicted octanol–water partition coefficient (Wildman–Crippen LogP) is 3.68. The molecule has 0 unspecified atom stereocenters. The van der Waals surface area contributed by atoms with Crippen molar-refractivity contribution in [3.63, 3.8) is 0 Å². The zero-order valence-corrected chi connectivity index (χ0v) is 16.5. The molecule has 3 aromatic rings. The molecule has 1 aliphatic rings. The van der Waals surface area contributed by atoms with Crippen LogP contribution in [-0.2, 0) is 6.54 Å². The fourth-order valence-electron chi connectivity index (χ4n) is 4.04. The summed E-state index contributed by atoms with van der Waals surface area (Å²) in [5.41, 5.74) is 6.57. The molecule has 142 valence electrons. The van der Waals surface area contributed by atoms with Gasteiger partial charge in [-0.05, 0) is 43.7 Å². The van der Waals surface area contributed by atoms with Crippen LogP contribution in [0, 0.1) is 25.2 Å². The number of piperazine rings is 1. The Labute approximate surface area is 166 Å². The Morgan fingerprint density at radius 3 is 2.43 bits per heavy atom. The van der Waals surface area contributed by atoms with Crippen LogP contribution in [0.15, 0.2) is 54.6 Å². The van der Waals surface area contributed by atoms with Gasteiger partial charge < -0.3 is 4.90 Å². The molecule has 2 heterocycles. The molecule has 5 nitrogen and oxygen atoms in total. The number of nitrogens with zero attached hydrogens (tertiary/aromatic N) is 5. The van der Waals surface area contributed by atoms with E-state index in [2.05, 4.69) is 47.9 Å². The van der Waals surface area contributed by atoms with Gasteiger partial charge in [0.15, 0.2) is 0 Å². The van der Waals surface area contributed by atoms with E-state index in [1.807, 2.05) is 41.1 Å². The second-order valence-electron chi connectivity index (χ2n) is 7.34. The average molecular weight is 371 g/mol. The minimum Gasteiger partial charge on any atom is -0.366 e. The smallest absolute Gasteiger partial charge is 0.0991 e. The molecule has 0 radical (unpaired) electrons. The first-order valence-electron chi connectivity index (χ1n) is 9.73. The van der Waals surface area contributed by atoms with Crippen molar-refractivity contribution in [2.45, 2.75) is 20.4 Å². The third-order valence-corrected chi connectivity index (χ3v) is 5.40. The highest BCUT2D eigenvalue weighted by molar-refractivity contribution is 5.57. The molecule has 5 heteroatoms. The molecular formula is C23H25N5. The van der Waals surface area contributed by atoms with Gasteiger partial charge in [0, 0.05) is 32.7 Å². The maximum atomic E-state index is 9.09. The highest BCUT2D eigenvalue weighted by Gasteiger charge is 2.23. The zero-order chi connectivity index (χ0) is 19.5. The number of hydrogen-bond acceptors (Lipinski definition) is 4. The van der Waals surface area contributed by atoms with E-state index in [1.165, 1.54) is 16.9 Å². The number of benzene rings is 2. The van der Waals surface area contributed by atoms with E-state index in [-0.39, 0.29) is 0 Å². The largest absolute Gasteiger partial charge is 0.366 e. The van der Waals surface area contributed by atoms with Crippen LogP contribution in [0.25, 0.3) is 5.69 Å². The molecule has 1 aromatic heterocycles. The first-order chi connectivity index (χ1) is 13.7. The Kier molecular flexibility index (Phi) is 5.14. The van der Waals surface area contributed by atoms with Gasteiger partial charge in [-0.3, -0.25) is 4.90 Å². The van der Waals surface area contributed by atoms with Crippen LogP contribution in [-0.4, -0.2) is 40.9 Å². The van der Waals surface area contributed by atoms with Crippen LogP contribution in [0.1, 0.15) is 22.5 Å². The normalized spacial score (nSPS) is 14.8. The van der Waals surface area contributed by atoms with Gasteiger partial charge in [-0.1, -0.05) is 30.3 Å². The second-order valence-corrected chi connectivity index (χ2v) is 7.34. The van der Waals surface area contributed by atoms with Crippen molar-refractivity contribution in [3.8, 4) is 11.8 Å². The van der Waals surface area contributed by atoms with Gasteiger partial charge in [0.25, 0.3) is 0 Å². The van der Waals surface area contributed by atoms with Gasteiger partial charge in [-0.25, -0.2) is 4.68 Å². The first-order valence-corrected chi connectivity index (χ1v) is 9.73. The summed E-state index contributed by atoms with van der Waals surface area (Å²) in [7, 11) is 0. The van der Waals surface area contributed by atoms with Crippen molar-refractivity contribution < 1.29 is 0 Å². The quantitative estimate of drug-likeness (QED) is 0.702. The number of rotatable bonds is 4. The number of aromatic nitrogens is 2. The summed E-state index contributed by atoms with van der Waals surface area (Å²) in [6.07, 6.45) is 0. The Bertz CT molecular complexity index is 992. The van der Waals surface area contributed by atoms with Crippen LogP contribution in [0.3, 0.4) is 0 Å². The van der Waals surface area contributed by atoms with E-state index >= 15 is 0 Å². The van der Waals surface area contributed by atoms with Gasteiger partial charge in [0.1, 0.15) is 0 Å². The zero-order valence-electron chi connectivity index (χ0n) is 16.5. The molecular weight excluding hydrogens is 346 g/mol. The first kappa shape index (κ1) is 18.3. The Morgan fingerprint density at radius 2 is 1.71 bits per heavy atom. The number of aryl methyl sites for hydroxylation is 1. The molecule has 0 amide bonds. The van der Waals surface area contributed by atoms with Crippen LogP contribution in [0.4, 0.5) is 5.69 Å². The maximum Gasteiger partial charge on any atom is 0.0991 e. The van der Waals surface area contributed by atoms with Crippen molar-refractivity contribution in [2.75, 3.05) is 31.1 Å². The molecule has 28 heavy (non-hydrogen) atoms. The summed E-state index contributed by atoms with van der Waals surface area (Å²) in [6, 6.07) is 20.5. The Balaban J connectivity index is 1.45. The van der Waals surface area contributed by atoms with E-state index in [1.54, 1.807) is 0 Å². The van der Waals surface area contributed by atoms with Crippen molar-refractivity contribution in [2.24, 2.45) is 0 Å². The topological polar surface area (TPSA) is 48.1 Å². The van der Waals surface area contributed by atoms with Gasteiger partial charge in [-0.2, -0.15) is 10.4 Å². The molecule has 1 saturated heterocycles. The summed E-state index contributed by atoms with van der Waals surface area (Å²) < 4.78 is 2.05. The number of para-hydroxylation sites is 1. The van der Waals surface area contributed by atoms with Gasteiger partial charge in [0.05, 0.1) is 34.4 Å². The lowest BCUT2D eigenvalue weighted by Crippen LogP contribution is -2.46. The van der Waals surface area contributed by atoms with Crippen LogP contribution >= 0.6 is 0 Å². The summed E-state index contributed by atoms with van der Waals surface area (Å²) in [4.78, 5) is 4.92. The fourth-order valence-corrected chi connectivity index (χ4v) is 4.04. The summed E-state index contributed by atoms with van der Waals surface area (Å²) in [5.74, 6) is 0. The summed E-state index contributed by atoms with van der Waals surface area (Å²) in [6.45, 7) is 9.13. The molecule has 1 fully saturated rings. The molecule has 0 aliphatic carbocycles. The summed E-state index contributed by atoms with van der Waals surface area (Å²) in [5, 5.41) is 13.9. The van der Waals surface area contributed by atoms with Crippen molar-refractivity contribution in [3.05, 3.63) is 77.1 Å². The molecule has 0 N–H and O–H groups in total. The standard InChI is InChI=1S/C23H25N5/c1-18-23(19(2)28(25-18)22-9-4-3-5-10-22)27-13-11-26(12-14-27)17-21-8-6-7-20(15-21)16-24/h3-10,15H,11-14,17H2,1-2H3. The third-order valence-electron chi connectivity index (χ3n) is 5.40. The van der Waals surface area contributed by atoms with E-state index in [4.69, 9.17) is 10.4 Å². The van der Waals surface area contributed by atoms with Crippen molar-refractivity contribution in [1.82, 2.24) is 14.7 Å². The number of nitriles is 1. The van der Waals surface area contributed by atoms with E-state index in [0.717, 1.165) is 49.7 Å². The SMILES string of the molecule is Cc1nn(-c2ccccc2)c(C)c1N1CCN(Cc2cccc(C#N)c2)CC1. The average Bonchev–Trinajstić information content (AvgIpc) is 3.03. The molecule has 0 saturated carbocycles. The van der Waals surface area contributed by atoms with Crippen LogP contribution in [0.2, 0.25) is 0 Å². The molecule has 1 aliphatic heterocycles. The lowest BCUT2D eigenvalue weighted by Gasteiger charge is -2.36. The monoisotopic (exact) mass is 371 g/mol. The molecule has 0 atom stereocenters. The van der Waals surface area contributed by atoms with Crippen LogP contribution in [0.5, 0.6) is 0 Å². The fraction of sp³-hybridized carbons (Fsp3) is 0.304. The predicted molar refractivity (Wildman–Crippen MR) is 112 cm³/mol. The molecule has 2 aromatic carbocycles. The van der Waals surface area contributed by atoms with Crippen LogP contribution < -0.4 is 4.90 Å². The highest BCUT2D eigenvalue weighted by Crippen LogP contribution is 2.28. The Morgan fingerprint density at radius 1 is 0.964 bits per heavy atom. The minimum atomic E-state index is 0.732. The van der Waals surface area contributed by atoms with Crippen molar-refractivity contribution in [1.29, 1.82) is 5.26 Å². The molecule has 0 spiro atoms. The van der Waals surface area contributed by atoms with E-state index in [9.17, 15) is 0 Å². The van der Waals surface area contributed by atoms with E-state index < -0.39 is 0 Å². The maximum absolute atomic E-state index is 9.09. The second kappa shape index (κ2) is 7.87. The van der Waals surface area contributed by atoms with Crippen molar-refractivity contribution >= 4 is 5.69 Å².